The van der Waals surface area contributed by atoms with Gasteiger partial charge in [0.25, 0.3) is 0 Å². The monoisotopic (exact) mass is 613 g/mol. The van der Waals surface area contributed by atoms with E-state index >= 15 is 0 Å². The molecule has 234 valence electrons. The Labute approximate surface area is 242 Å². The van der Waals surface area contributed by atoms with Gasteiger partial charge in [0, 0.05) is 29.9 Å². The van der Waals surface area contributed by atoms with Crippen LogP contribution < -0.4 is 4.74 Å². The van der Waals surface area contributed by atoms with E-state index in [-0.39, 0.29) is 28.9 Å². The summed E-state index contributed by atoms with van der Waals surface area (Å²) in [5.74, 6) is -1.71. The summed E-state index contributed by atoms with van der Waals surface area (Å²) >= 11 is 0. The number of phenolic OH excluding ortho intramolecular Hbond substituents is 1. The summed E-state index contributed by atoms with van der Waals surface area (Å²) in [5.41, 5.74) is 1.84. The summed E-state index contributed by atoms with van der Waals surface area (Å²) in [6.07, 6.45) is -7.44. The Bertz CT molecular complexity index is 1440. The molecular formula is C27H30F3N3O10. The summed E-state index contributed by atoms with van der Waals surface area (Å²) in [7, 11) is 2.14. The zero-order chi connectivity index (χ0) is 31.0. The van der Waals surface area contributed by atoms with Crippen molar-refractivity contribution < 1.29 is 62.1 Å². The van der Waals surface area contributed by atoms with Gasteiger partial charge in [-0.1, -0.05) is 18.2 Å². The number of nitrogens with zero attached hydrogens (tertiary/aromatic N) is 3. The van der Waals surface area contributed by atoms with Crippen LogP contribution in [0.3, 0.4) is 0 Å². The maximum absolute atomic E-state index is 10.7. The molecule has 0 saturated carbocycles. The summed E-state index contributed by atoms with van der Waals surface area (Å²) in [6, 6.07) is 3.97. The Kier molecular flexibility index (Phi) is 7.21. The second-order valence-electron chi connectivity index (χ2n) is 11.4. The average Bonchev–Trinajstić information content (AvgIpc) is 3.54. The van der Waals surface area contributed by atoms with E-state index in [4.69, 9.17) is 28.5 Å². The van der Waals surface area contributed by atoms with Gasteiger partial charge < -0.3 is 49.1 Å². The second kappa shape index (κ2) is 10.4. The number of ether oxygens (including phenoxy) is 3. The van der Waals surface area contributed by atoms with Crippen LogP contribution in [0, 0.1) is 12.8 Å². The van der Waals surface area contributed by atoms with Crippen LogP contribution in [0.4, 0.5) is 13.2 Å². The molecule has 1 aromatic heterocycles. The maximum atomic E-state index is 10.7. The highest BCUT2D eigenvalue weighted by molar-refractivity contribution is 5.73. The smallest absolute Gasteiger partial charge is 0.490 e. The highest BCUT2D eigenvalue weighted by Gasteiger charge is 2.65. The number of likely N-dealkylation sites (tertiary alicyclic amines) is 1. The zero-order valence-corrected chi connectivity index (χ0v) is 22.9. The fraction of sp³-hybridized carbons (Fsp3) is 0.593. The average molecular weight is 614 g/mol. The van der Waals surface area contributed by atoms with Crippen molar-refractivity contribution >= 4 is 5.97 Å². The molecule has 2 bridgehead atoms. The van der Waals surface area contributed by atoms with E-state index in [0.29, 0.717) is 11.8 Å². The van der Waals surface area contributed by atoms with Crippen LogP contribution >= 0.6 is 0 Å². The van der Waals surface area contributed by atoms with E-state index in [1.54, 1.807) is 13.0 Å². The molecule has 2 fully saturated rings. The van der Waals surface area contributed by atoms with Crippen LogP contribution in [0.2, 0.25) is 0 Å². The van der Waals surface area contributed by atoms with E-state index in [0.717, 1.165) is 24.9 Å². The third-order valence-electron chi connectivity index (χ3n) is 9.02. The van der Waals surface area contributed by atoms with Crippen LogP contribution in [0.25, 0.3) is 0 Å². The first-order chi connectivity index (χ1) is 20.2. The summed E-state index contributed by atoms with van der Waals surface area (Å²) < 4.78 is 55.8. The van der Waals surface area contributed by atoms with Gasteiger partial charge in [0.1, 0.15) is 30.5 Å². The Morgan fingerprint density at radius 1 is 1.14 bits per heavy atom. The lowest BCUT2D eigenvalue weighted by Gasteiger charge is -2.57. The van der Waals surface area contributed by atoms with Gasteiger partial charge in [-0.2, -0.15) is 13.2 Å². The number of carbonyl (C=O) groups is 1. The van der Waals surface area contributed by atoms with Crippen LogP contribution in [0.1, 0.15) is 35.4 Å². The van der Waals surface area contributed by atoms with E-state index in [9.17, 15) is 33.6 Å². The number of benzene rings is 1. The number of hydrogen-bond acceptors (Lipinski definition) is 12. The van der Waals surface area contributed by atoms with Crippen molar-refractivity contribution in [3.8, 4) is 11.5 Å². The second-order valence-corrected chi connectivity index (χ2v) is 11.4. The van der Waals surface area contributed by atoms with E-state index < -0.39 is 55.1 Å². The van der Waals surface area contributed by atoms with Crippen LogP contribution in [-0.2, 0) is 26.1 Å². The molecule has 2 saturated heterocycles. The lowest BCUT2D eigenvalue weighted by molar-refractivity contribution is -0.316. The number of aliphatic carboxylic acids is 1. The van der Waals surface area contributed by atoms with Crippen LogP contribution in [0.5, 0.6) is 11.5 Å². The summed E-state index contributed by atoms with van der Waals surface area (Å²) in [4.78, 5) is 11.3. The number of aromatic hydroxyl groups is 1. The van der Waals surface area contributed by atoms with Crippen LogP contribution in [0.15, 0.2) is 28.7 Å². The largest absolute Gasteiger partial charge is 0.504 e. The highest BCUT2D eigenvalue weighted by atomic mass is 19.4. The molecule has 3 aliphatic heterocycles. The first kappa shape index (κ1) is 29.8. The van der Waals surface area contributed by atoms with Gasteiger partial charge in [-0.25, -0.2) is 4.79 Å². The van der Waals surface area contributed by atoms with E-state index in [2.05, 4.69) is 28.2 Å². The molecule has 0 amide bonds. The lowest BCUT2D eigenvalue weighted by atomic mass is 9.53. The number of halogens is 3. The number of aliphatic hydroxyl groups excluding tert-OH is 3. The molecule has 16 heteroatoms. The van der Waals surface area contributed by atoms with Crippen molar-refractivity contribution in [3.63, 3.8) is 0 Å². The predicted molar refractivity (Wildman–Crippen MR) is 135 cm³/mol. The molecule has 10 atom stereocenters. The molecule has 5 N–H and O–H groups in total. The Morgan fingerprint density at radius 3 is 2.51 bits per heavy atom. The van der Waals surface area contributed by atoms with Gasteiger partial charge in [-0.05, 0) is 38.1 Å². The number of rotatable bonds is 3. The minimum Gasteiger partial charge on any atom is -0.504 e. The molecule has 0 radical (unpaired) electrons. The van der Waals surface area contributed by atoms with Crippen molar-refractivity contribution in [1.82, 2.24) is 15.1 Å². The fourth-order valence-corrected chi connectivity index (χ4v) is 7.08. The molecule has 13 nitrogen and oxygen atoms in total. The SMILES string of the molecule is Cc1nnc([C@H]2O[C@@H](O[C@H]3C=CC4[C@H]5Cc6ccc(O)c7c6[C@@]4(CCN5C)[C@H]3O7)[C@H](O)[C@@H](O)[C@@H]2O)o1.O=C(O)C(F)(F)F. The first-order valence-electron chi connectivity index (χ1n) is 13.6. The third-order valence-corrected chi connectivity index (χ3v) is 9.02. The Morgan fingerprint density at radius 2 is 1.86 bits per heavy atom. The Hall–Kier alpha value is -3.28. The molecule has 7 rings (SSSR count). The molecule has 1 spiro atoms. The number of piperidine rings is 1. The quantitative estimate of drug-likeness (QED) is 0.305. The van der Waals surface area contributed by atoms with Gasteiger partial charge >= 0.3 is 12.1 Å². The molecule has 1 aromatic carbocycles. The number of carboxylic acids is 1. The minimum atomic E-state index is -5.08. The maximum Gasteiger partial charge on any atom is 0.490 e. The van der Waals surface area contributed by atoms with Crippen molar-refractivity contribution in [1.29, 1.82) is 0 Å². The number of hydrogen-bond donors (Lipinski definition) is 5. The summed E-state index contributed by atoms with van der Waals surface area (Å²) in [5, 5.41) is 57.3. The molecule has 2 aromatic rings. The van der Waals surface area contributed by atoms with Crippen molar-refractivity contribution in [2.24, 2.45) is 5.92 Å². The Balaban J connectivity index is 0.000000423. The van der Waals surface area contributed by atoms with Crippen molar-refractivity contribution in [2.45, 2.75) is 80.3 Å². The highest BCUT2D eigenvalue weighted by Crippen LogP contribution is 2.62. The topological polar surface area (TPSA) is 188 Å². The number of aromatic nitrogens is 2. The van der Waals surface area contributed by atoms with Gasteiger partial charge in [0.05, 0.1) is 0 Å². The molecule has 5 aliphatic rings. The van der Waals surface area contributed by atoms with Crippen molar-refractivity contribution in [3.05, 3.63) is 47.2 Å². The minimum absolute atomic E-state index is 0.0121. The molecular weight excluding hydrogens is 583 g/mol. The number of aryl methyl sites for hydroxylation is 1. The third kappa shape index (κ3) is 4.67. The van der Waals surface area contributed by atoms with E-state index in [1.807, 2.05) is 12.1 Å². The summed E-state index contributed by atoms with van der Waals surface area (Å²) in [6.45, 7) is 2.48. The van der Waals surface area contributed by atoms with Gasteiger partial charge in [0.15, 0.2) is 23.9 Å². The fourth-order valence-electron chi connectivity index (χ4n) is 7.08. The number of phenols is 1. The van der Waals surface area contributed by atoms with Gasteiger partial charge in [-0.15, -0.1) is 10.2 Å². The van der Waals surface area contributed by atoms with Gasteiger partial charge in [0.2, 0.25) is 11.8 Å². The standard InChI is InChI=1S/C25H29N3O8.C2HF3O2/c1-10-26-27-23(33-10)21-18(31)17(30)19(32)24(36-21)34-15-6-4-12-13-9-11-3-5-14(29)20-16(11)25(12,22(15)35-20)7-8-28(13)2;3-2(4,5)1(6)7/h3-6,12-13,15,17-19,21-22,24,29-32H,7-9H2,1-2H3;(H,6,7)/t12?,13-,15+,17+,18+,19-,21+,22+,24-,25+;/m1./s1. The number of aliphatic hydroxyl groups is 3. The van der Waals surface area contributed by atoms with Crippen molar-refractivity contribution in [2.75, 3.05) is 13.6 Å². The number of likely N-dealkylation sites (N-methyl/N-ethyl adjacent to an activating group) is 1. The first-order valence-corrected chi connectivity index (χ1v) is 13.6. The molecule has 1 unspecified atom stereocenters. The van der Waals surface area contributed by atoms with Gasteiger partial charge in [-0.3, -0.25) is 0 Å². The number of alkyl halides is 3. The van der Waals surface area contributed by atoms with Crippen LogP contribution in [-0.4, -0.2) is 109 Å². The normalized spacial score (nSPS) is 37.6. The zero-order valence-electron chi connectivity index (χ0n) is 22.9. The van der Waals surface area contributed by atoms with E-state index in [1.165, 1.54) is 5.56 Å². The lowest BCUT2D eigenvalue weighted by Crippen LogP contribution is -2.66. The molecule has 2 aliphatic carbocycles. The molecule has 43 heavy (non-hydrogen) atoms. The number of carboxylic acid groups (broad SMARTS) is 1. The molecule has 4 heterocycles. The predicted octanol–water partition coefficient (Wildman–Crippen LogP) is 0.727.